The first-order chi connectivity index (χ1) is 10.9. The Kier molecular flexibility index (Phi) is 3.13. The van der Waals surface area contributed by atoms with E-state index in [0.717, 1.165) is 11.1 Å². The Balaban J connectivity index is 1.85. The van der Waals surface area contributed by atoms with Crippen molar-refractivity contribution in [2.75, 3.05) is 0 Å². The number of ether oxygens (including phenoxy) is 2. The Hall–Kier alpha value is -1.76. The smallest absolute Gasteiger partial charge is 0.321 e. The van der Waals surface area contributed by atoms with Gasteiger partial charge in [0.25, 0.3) is 0 Å². The van der Waals surface area contributed by atoms with Crippen molar-refractivity contribution < 1.29 is 29.3 Å². The number of hydrogen-bond donors (Lipinski definition) is 2. The number of esters is 2. The Morgan fingerprint density at radius 2 is 1.91 bits per heavy atom. The highest BCUT2D eigenvalue weighted by Crippen LogP contribution is 2.55. The van der Waals surface area contributed by atoms with Gasteiger partial charge in [0.2, 0.25) is 0 Å². The van der Waals surface area contributed by atoms with Crippen LogP contribution in [0.5, 0.6) is 0 Å². The van der Waals surface area contributed by atoms with Crippen molar-refractivity contribution in [1.82, 2.24) is 0 Å². The fourth-order valence-corrected chi connectivity index (χ4v) is 4.51. The van der Waals surface area contributed by atoms with Gasteiger partial charge in [0.05, 0.1) is 11.8 Å². The number of aliphatic hydroxyl groups is 2. The van der Waals surface area contributed by atoms with Crippen molar-refractivity contribution in [3.63, 3.8) is 0 Å². The van der Waals surface area contributed by atoms with Crippen LogP contribution in [0.25, 0.3) is 0 Å². The molecule has 2 N–H and O–H groups in total. The molecule has 122 valence electrons. The number of cyclic esters (lactones) is 2. The molecule has 1 aromatic rings. The molecule has 6 unspecified atom stereocenters. The summed E-state index contributed by atoms with van der Waals surface area (Å²) in [5.41, 5.74) is 1.10. The van der Waals surface area contributed by atoms with Crippen LogP contribution in [0.3, 0.4) is 0 Å². The highest BCUT2D eigenvalue weighted by molar-refractivity contribution is 6.00. The molecule has 1 aromatic carbocycles. The molecule has 2 saturated heterocycles. The van der Waals surface area contributed by atoms with Crippen LogP contribution in [-0.4, -0.2) is 34.7 Å². The number of hydrogen-bond acceptors (Lipinski definition) is 6. The molecule has 0 saturated carbocycles. The lowest BCUT2D eigenvalue weighted by molar-refractivity contribution is -0.173. The van der Waals surface area contributed by atoms with E-state index >= 15 is 0 Å². The molecule has 0 radical (unpaired) electrons. The summed E-state index contributed by atoms with van der Waals surface area (Å²) < 4.78 is 9.94. The Labute approximate surface area is 133 Å². The van der Waals surface area contributed by atoms with E-state index in [-0.39, 0.29) is 12.3 Å². The van der Waals surface area contributed by atoms with E-state index in [9.17, 15) is 19.8 Å². The normalized spacial score (nSPS) is 42.3. The van der Waals surface area contributed by atoms with Crippen LogP contribution in [0.15, 0.2) is 24.3 Å². The average molecular weight is 318 g/mol. The minimum Gasteiger partial charge on any atom is -0.392 e. The predicted octanol–water partition coefficient (Wildman–Crippen LogP) is 0.804. The standard InChI is InChI=1S/C17H18O6/c1-17(11-6-12(18)22-15(11)20)7-9-13(16(21)23-14(9)19)8-4-2-3-5-10(8)17/h2-5,9,11-13,15,18,20H,6-7H2,1H3. The lowest BCUT2D eigenvalue weighted by atomic mass is 9.58. The molecular formula is C17H18O6. The SMILES string of the molecule is CC1(C2CC(O)OC2O)CC2C(=O)OC(=O)C2c2ccccc21. The van der Waals surface area contributed by atoms with Gasteiger partial charge in [-0.05, 0) is 17.5 Å². The predicted molar refractivity (Wildman–Crippen MR) is 76.9 cm³/mol. The minimum atomic E-state index is -1.10. The number of rotatable bonds is 1. The van der Waals surface area contributed by atoms with Gasteiger partial charge in [-0.15, -0.1) is 0 Å². The van der Waals surface area contributed by atoms with E-state index < -0.39 is 41.8 Å². The molecular weight excluding hydrogens is 300 g/mol. The number of aliphatic hydroxyl groups excluding tert-OH is 2. The van der Waals surface area contributed by atoms with E-state index in [1.807, 2.05) is 31.2 Å². The summed E-state index contributed by atoms with van der Waals surface area (Å²) in [7, 11) is 0. The maximum absolute atomic E-state index is 12.1. The summed E-state index contributed by atoms with van der Waals surface area (Å²) in [4.78, 5) is 24.2. The van der Waals surface area contributed by atoms with Crippen molar-refractivity contribution >= 4 is 11.9 Å². The fourth-order valence-electron chi connectivity index (χ4n) is 4.51. The molecule has 6 atom stereocenters. The third kappa shape index (κ3) is 1.99. The fraction of sp³-hybridized carbons (Fsp3) is 0.529. The number of carbonyl (C=O) groups excluding carboxylic acids is 2. The first-order valence-corrected chi connectivity index (χ1v) is 7.78. The third-order valence-corrected chi connectivity index (χ3v) is 5.63. The molecule has 23 heavy (non-hydrogen) atoms. The molecule has 6 nitrogen and oxygen atoms in total. The number of carbonyl (C=O) groups is 2. The van der Waals surface area contributed by atoms with Crippen molar-refractivity contribution in [3.05, 3.63) is 35.4 Å². The van der Waals surface area contributed by atoms with Crippen LogP contribution in [0.2, 0.25) is 0 Å². The molecule has 2 aliphatic heterocycles. The average Bonchev–Trinajstić information content (AvgIpc) is 2.99. The van der Waals surface area contributed by atoms with Crippen LogP contribution in [0.4, 0.5) is 0 Å². The van der Waals surface area contributed by atoms with Crippen LogP contribution in [0, 0.1) is 11.8 Å². The van der Waals surface area contributed by atoms with Gasteiger partial charge < -0.3 is 19.7 Å². The van der Waals surface area contributed by atoms with Crippen molar-refractivity contribution in [2.45, 2.75) is 43.7 Å². The summed E-state index contributed by atoms with van der Waals surface area (Å²) in [5.74, 6) is -2.49. The first kappa shape index (κ1) is 14.8. The van der Waals surface area contributed by atoms with Crippen LogP contribution >= 0.6 is 0 Å². The Bertz CT molecular complexity index is 685. The third-order valence-electron chi connectivity index (χ3n) is 5.63. The van der Waals surface area contributed by atoms with E-state index in [1.54, 1.807) is 0 Å². The number of benzene rings is 1. The Morgan fingerprint density at radius 1 is 1.17 bits per heavy atom. The second kappa shape index (κ2) is 4.87. The van der Waals surface area contributed by atoms with Crippen molar-refractivity contribution in [3.8, 4) is 0 Å². The number of fused-ring (bicyclic) bond motifs is 3. The molecule has 2 heterocycles. The summed E-state index contributed by atoms with van der Waals surface area (Å²) in [6.45, 7) is 1.95. The van der Waals surface area contributed by atoms with Gasteiger partial charge in [0.1, 0.15) is 0 Å². The summed E-state index contributed by atoms with van der Waals surface area (Å²) in [5, 5.41) is 19.9. The van der Waals surface area contributed by atoms with Gasteiger partial charge in [-0.3, -0.25) is 9.59 Å². The van der Waals surface area contributed by atoms with Gasteiger partial charge in [0.15, 0.2) is 12.6 Å². The summed E-state index contributed by atoms with van der Waals surface area (Å²) in [6.07, 6.45) is -1.45. The van der Waals surface area contributed by atoms with Gasteiger partial charge in [-0.2, -0.15) is 0 Å². The molecule has 0 aromatic heterocycles. The highest BCUT2D eigenvalue weighted by atomic mass is 16.7. The van der Waals surface area contributed by atoms with Gasteiger partial charge in [-0.25, -0.2) is 0 Å². The maximum Gasteiger partial charge on any atom is 0.321 e. The van der Waals surface area contributed by atoms with Gasteiger partial charge in [-0.1, -0.05) is 31.2 Å². The first-order valence-electron chi connectivity index (χ1n) is 7.78. The lowest BCUT2D eigenvalue weighted by Gasteiger charge is -2.44. The Morgan fingerprint density at radius 3 is 2.61 bits per heavy atom. The molecule has 1 aliphatic carbocycles. The van der Waals surface area contributed by atoms with E-state index in [1.165, 1.54) is 0 Å². The van der Waals surface area contributed by atoms with Crippen LogP contribution in [-0.2, 0) is 24.5 Å². The molecule has 4 rings (SSSR count). The van der Waals surface area contributed by atoms with Crippen molar-refractivity contribution in [2.24, 2.45) is 11.8 Å². The van der Waals surface area contributed by atoms with Crippen LogP contribution < -0.4 is 0 Å². The second-order valence-electron chi connectivity index (χ2n) is 6.86. The van der Waals surface area contributed by atoms with E-state index in [4.69, 9.17) is 9.47 Å². The molecule has 0 spiro atoms. The zero-order valence-electron chi connectivity index (χ0n) is 12.6. The van der Waals surface area contributed by atoms with Crippen LogP contribution in [0.1, 0.15) is 36.8 Å². The zero-order chi connectivity index (χ0) is 16.4. The molecule has 0 amide bonds. The summed E-state index contributed by atoms with van der Waals surface area (Å²) >= 11 is 0. The molecule has 2 fully saturated rings. The van der Waals surface area contributed by atoms with E-state index in [0.29, 0.717) is 6.42 Å². The molecule has 0 bridgehead atoms. The summed E-state index contributed by atoms with van der Waals surface area (Å²) in [6, 6.07) is 7.45. The van der Waals surface area contributed by atoms with Crippen molar-refractivity contribution in [1.29, 1.82) is 0 Å². The van der Waals surface area contributed by atoms with Gasteiger partial charge >= 0.3 is 11.9 Å². The highest BCUT2D eigenvalue weighted by Gasteiger charge is 2.57. The van der Waals surface area contributed by atoms with E-state index in [2.05, 4.69) is 0 Å². The lowest BCUT2D eigenvalue weighted by Crippen LogP contribution is -2.44. The zero-order valence-corrected chi connectivity index (χ0v) is 12.6. The molecule has 6 heteroatoms. The topological polar surface area (TPSA) is 93.1 Å². The second-order valence-corrected chi connectivity index (χ2v) is 6.86. The largest absolute Gasteiger partial charge is 0.392 e. The monoisotopic (exact) mass is 318 g/mol. The van der Waals surface area contributed by atoms with Gasteiger partial charge in [0, 0.05) is 17.8 Å². The maximum atomic E-state index is 12.1. The molecule has 3 aliphatic rings. The minimum absolute atomic E-state index is 0.284. The quantitative estimate of drug-likeness (QED) is 0.588.